The van der Waals surface area contributed by atoms with Crippen molar-refractivity contribution < 1.29 is 17.6 Å². The van der Waals surface area contributed by atoms with E-state index in [0.29, 0.717) is 24.8 Å². The number of halogens is 1. The third-order valence-electron chi connectivity index (χ3n) is 7.95. The number of nitrogens with zero attached hydrogens (tertiary/aromatic N) is 3. The van der Waals surface area contributed by atoms with Crippen LogP contribution in [0.15, 0.2) is 47.5 Å². The smallest absolute Gasteiger partial charge is 0.323 e. The van der Waals surface area contributed by atoms with E-state index >= 15 is 0 Å². The molecule has 4 rings (SSSR count). The summed E-state index contributed by atoms with van der Waals surface area (Å²) in [6.07, 6.45) is 8.07. The van der Waals surface area contributed by atoms with Crippen LogP contribution in [0.5, 0.6) is 0 Å². The van der Waals surface area contributed by atoms with Crippen molar-refractivity contribution >= 4 is 21.7 Å². The van der Waals surface area contributed by atoms with Gasteiger partial charge in [0.25, 0.3) is 0 Å². The van der Waals surface area contributed by atoms with E-state index < -0.39 is 9.84 Å². The number of urea groups is 1. The van der Waals surface area contributed by atoms with Crippen molar-refractivity contribution in [2.75, 3.05) is 38.3 Å². The molecule has 2 aliphatic carbocycles. The first-order chi connectivity index (χ1) is 16.9. The Labute approximate surface area is 214 Å². The molecule has 0 radical (unpaired) electrons. The van der Waals surface area contributed by atoms with E-state index in [1.807, 2.05) is 20.2 Å². The van der Waals surface area contributed by atoms with Gasteiger partial charge in [-0.2, -0.15) is 0 Å². The highest BCUT2D eigenvalue weighted by atomic mass is 32.2. The van der Waals surface area contributed by atoms with Crippen molar-refractivity contribution in [1.82, 2.24) is 15.2 Å². The normalized spacial score (nSPS) is 24.5. The summed E-state index contributed by atoms with van der Waals surface area (Å²) < 4.78 is 37.9. The Hall–Kier alpha value is -2.52. The molecule has 1 aromatic carbocycles. The minimum atomic E-state index is -3.38. The zero-order valence-corrected chi connectivity index (χ0v) is 22.4. The molecule has 2 aromatic rings. The lowest BCUT2D eigenvalue weighted by molar-refractivity contribution is 0.0456. The number of anilines is 1. The van der Waals surface area contributed by atoms with Crippen LogP contribution in [-0.4, -0.2) is 57.8 Å². The maximum atomic E-state index is 14.1. The number of hydrogen-bond acceptors (Lipinski definition) is 5. The van der Waals surface area contributed by atoms with Crippen LogP contribution in [0.1, 0.15) is 51.0 Å². The van der Waals surface area contributed by atoms with Crippen LogP contribution in [-0.2, 0) is 15.4 Å². The quantitative estimate of drug-likeness (QED) is 0.555. The van der Waals surface area contributed by atoms with Gasteiger partial charge in [-0.25, -0.2) is 22.6 Å². The van der Waals surface area contributed by atoms with E-state index in [2.05, 4.69) is 22.1 Å². The van der Waals surface area contributed by atoms with Gasteiger partial charge in [0.15, 0.2) is 9.84 Å². The molecule has 2 saturated carbocycles. The van der Waals surface area contributed by atoms with Gasteiger partial charge in [-0.3, -0.25) is 9.80 Å². The minimum Gasteiger partial charge on any atom is -0.337 e. The Kier molecular flexibility index (Phi) is 7.44. The lowest BCUT2D eigenvalue weighted by Crippen LogP contribution is -2.51. The number of amides is 2. The van der Waals surface area contributed by atoms with Crippen LogP contribution in [0.2, 0.25) is 0 Å². The molecular formula is C27H37FN4O3S. The number of sulfone groups is 1. The molecule has 2 aliphatic rings. The second kappa shape index (κ2) is 10.1. The summed E-state index contributed by atoms with van der Waals surface area (Å²) in [5.41, 5.74) is 0.531. The van der Waals surface area contributed by atoms with Crippen LogP contribution < -0.4 is 10.2 Å². The Morgan fingerprint density at radius 2 is 1.83 bits per heavy atom. The zero-order chi connectivity index (χ0) is 26.1. The van der Waals surface area contributed by atoms with Crippen molar-refractivity contribution in [3.8, 4) is 0 Å². The second-order valence-electron chi connectivity index (χ2n) is 11.1. The molecule has 1 N–H and O–H groups in total. The number of nitrogens with one attached hydrogen (secondary N) is 1. The highest BCUT2D eigenvalue weighted by Crippen LogP contribution is 2.48. The van der Waals surface area contributed by atoms with Crippen LogP contribution in [0, 0.1) is 17.2 Å². The van der Waals surface area contributed by atoms with E-state index in [9.17, 15) is 17.6 Å². The van der Waals surface area contributed by atoms with Gasteiger partial charge in [-0.15, -0.1) is 0 Å². The topological polar surface area (TPSA) is 82.6 Å². The Morgan fingerprint density at radius 3 is 2.36 bits per heavy atom. The van der Waals surface area contributed by atoms with Crippen LogP contribution in [0.25, 0.3) is 0 Å². The van der Waals surface area contributed by atoms with Crippen LogP contribution >= 0.6 is 0 Å². The standard InChI is InChI=1S/C27H37FN4O3S/c1-26(12-14-27(15-13-26,31(2)3)21-6-5-7-22(28)16-21)19-32(25(33)30-17-20-8-9-20)24-11-10-23(18-29-24)36(4,34)35/h5-7,10-11,16,18,20H,8-9,12-15,17,19H2,1-4H3,(H,30,33). The van der Waals surface area contributed by atoms with Crippen LogP contribution in [0.3, 0.4) is 0 Å². The van der Waals surface area contributed by atoms with Gasteiger partial charge < -0.3 is 5.32 Å². The van der Waals surface area contributed by atoms with Gasteiger partial charge in [-0.05, 0) is 93.8 Å². The third-order valence-corrected chi connectivity index (χ3v) is 9.05. The number of aromatic nitrogens is 1. The molecule has 1 aromatic heterocycles. The monoisotopic (exact) mass is 516 g/mol. The summed E-state index contributed by atoms with van der Waals surface area (Å²) in [5, 5.41) is 3.04. The summed E-state index contributed by atoms with van der Waals surface area (Å²) >= 11 is 0. The van der Waals surface area contributed by atoms with Gasteiger partial charge >= 0.3 is 6.03 Å². The van der Waals surface area contributed by atoms with E-state index in [1.54, 1.807) is 23.1 Å². The average Bonchev–Trinajstić information content (AvgIpc) is 3.66. The molecule has 36 heavy (non-hydrogen) atoms. The first-order valence-electron chi connectivity index (χ1n) is 12.6. The largest absolute Gasteiger partial charge is 0.337 e. The molecule has 0 atom stereocenters. The van der Waals surface area contributed by atoms with Crippen molar-refractivity contribution in [3.63, 3.8) is 0 Å². The summed E-state index contributed by atoms with van der Waals surface area (Å²) in [5.74, 6) is 0.740. The Balaban J connectivity index is 1.55. The number of benzene rings is 1. The molecule has 0 aliphatic heterocycles. The third kappa shape index (κ3) is 5.89. The van der Waals surface area contributed by atoms with Gasteiger partial charge in [-0.1, -0.05) is 19.1 Å². The lowest BCUT2D eigenvalue weighted by atomic mass is 9.65. The average molecular weight is 517 g/mol. The SMILES string of the molecule is CN(C)C1(c2cccc(F)c2)CCC(C)(CN(C(=O)NCC2CC2)c2ccc(S(C)(=O)=O)cn2)CC1. The fourth-order valence-corrected chi connectivity index (χ4v) is 5.80. The Morgan fingerprint density at radius 1 is 1.14 bits per heavy atom. The minimum absolute atomic E-state index is 0.124. The first-order valence-corrected chi connectivity index (χ1v) is 14.5. The van der Waals surface area contributed by atoms with Gasteiger partial charge in [0.1, 0.15) is 11.6 Å². The van der Waals surface area contributed by atoms with Crippen molar-refractivity contribution in [3.05, 3.63) is 54.0 Å². The van der Waals surface area contributed by atoms with Gasteiger partial charge in [0.2, 0.25) is 0 Å². The molecule has 2 fully saturated rings. The number of hydrogen-bond donors (Lipinski definition) is 1. The molecule has 0 bridgehead atoms. The molecule has 0 spiro atoms. The van der Waals surface area contributed by atoms with Crippen molar-refractivity contribution in [1.29, 1.82) is 0 Å². The maximum Gasteiger partial charge on any atom is 0.323 e. The molecule has 9 heteroatoms. The summed E-state index contributed by atoms with van der Waals surface area (Å²) in [7, 11) is 0.699. The molecule has 2 amide bonds. The van der Waals surface area contributed by atoms with E-state index in [0.717, 1.165) is 50.3 Å². The van der Waals surface area contributed by atoms with Crippen molar-refractivity contribution in [2.45, 2.75) is 55.9 Å². The Bertz CT molecular complexity index is 1190. The zero-order valence-electron chi connectivity index (χ0n) is 21.6. The second-order valence-corrected chi connectivity index (χ2v) is 13.1. The highest BCUT2D eigenvalue weighted by molar-refractivity contribution is 7.90. The highest BCUT2D eigenvalue weighted by Gasteiger charge is 2.44. The van der Waals surface area contributed by atoms with Crippen molar-refractivity contribution in [2.24, 2.45) is 11.3 Å². The number of carbonyl (C=O) groups is 1. The van der Waals surface area contributed by atoms with Gasteiger partial charge in [0, 0.05) is 31.1 Å². The summed E-state index contributed by atoms with van der Waals surface area (Å²) in [4.78, 5) is 21.6. The molecule has 196 valence electrons. The first kappa shape index (κ1) is 26.5. The molecule has 1 heterocycles. The molecule has 7 nitrogen and oxygen atoms in total. The summed E-state index contributed by atoms with van der Waals surface area (Å²) in [6, 6.07) is 9.77. The number of carbonyl (C=O) groups excluding carboxylic acids is 1. The fourth-order valence-electron chi connectivity index (χ4n) is 5.24. The fraction of sp³-hybridized carbons (Fsp3) is 0.556. The van der Waals surface area contributed by atoms with Crippen LogP contribution in [0.4, 0.5) is 15.0 Å². The molecule has 0 saturated heterocycles. The van der Waals surface area contributed by atoms with E-state index in [4.69, 9.17) is 0 Å². The van der Waals surface area contributed by atoms with Gasteiger partial charge in [0.05, 0.1) is 4.90 Å². The number of rotatable bonds is 8. The predicted octanol–water partition coefficient (Wildman–Crippen LogP) is 4.59. The lowest BCUT2D eigenvalue weighted by Gasteiger charge is -2.50. The number of pyridine rings is 1. The maximum absolute atomic E-state index is 14.1. The summed E-state index contributed by atoms with van der Waals surface area (Å²) in [6.45, 7) is 3.28. The predicted molar refractivity (Wildman–Crippen MR) is 139 cm³/mol. The molecular weight excluding hydrogens is 479 g/mol. The van der Waals surface area contributed by atoms with E-state index in [-0.39, 0.29) is 27.7 Å². The van der Waals surface area contributed by atoms with E-state index in [1.165, 1.54) is 18.3 Å². The molecule has 0 unspecified atom stereocenters.